The Hall–Kier alpha value is 0.440. The molecule has 0 amide bonds. The summed E-state index contributed by atoms with van der Waals surface area (Å²) in [4.78, 5) is 3.42. The zero-order valence-corrected chi connectivity index (χ0v) is 11.5. The van der Waals surface area contributed by atoms with E-state index < -0.39 is 0 Å². The van der Waals surface area contributed by atoms with Crippen LogP contribution in [0.15, 0.2) is 0 Å². The third kappa shape index (κ3) is 3.45. The maximum absolute atomic E-state index is 3.82. The van der Waals surface area contributed by atoms with E-state index in [1.54, 1.807) is 0 Å². The summed E-state index contributed by atoms with van der Waals surface area (Å²) in [6.45, 7) is 6.35. The summed E-state index contributed by atoms with van der Waals surface area (Å²) in [6.07, 6.45) is 8.79. The minimum Gasteiger partial charge on any atom is -0.302 e. The lowest BCUT2D eigenvalue weighted by molar-refractivity contribution is 0.157. The van der Waals surface area contributed by atoms with Crippen molar-refractivity contribution in [3.8, 4) is 0 Å². The van der Waals surface area contributed by atoms with Gasteiger partial charge in [0.15, 0.2) is 0 Å². The van der Waals surface area contributed by atoms with Crippen LogP contribution in [-0.4, -0.2) is 29.4 Å². The predicted octanol–water partition coefficient (Wildman–Crippen LogP) is 3.67. The second kappa shape index (κ2) is 5.67. The summed E-state index contributed by atoms with van der Waals surface area (Å²) in [5.74, 6) is 1.87. The van der Waals surface area contributed by atoms with E-state index >= 15 is 0 Å². The summed E-state index contributed by atoms with van der Waals surface area (Å²) in [5, 5.41) is 0. The van der Waals surface area contributed by atoms with Crippen molar-refractivity contribution in [2.75, 3.05) is 19.6 Å². The molecule has 2 aliphatic rings. The van der Waals surface area contributed by atoms with Gasteiger partial charge < -0.3 is 4.90 Å². The van der Waals surface area contributed by atoms with Crippen LogP contribution in [0.3, 0.4) is 0 Å². The van der Waals surface area contributed by atoms with Crippen LogP contribution in [0, 0.1) is 11.8 Å². The monoisotopic (exact) mass is 273 g/mol. The van der Waals surface area contributed by atoms with E-state index in [2.05, 4.69) is 27.8 Å². The number of hydrogen-bond acceptors (Lipinski definition) is 1. The molecule has 2 heteroatoms. The molecule has 88 valence electrons. The van der Waals surface area contributed by atoms with Gasteiger partial charge in [0, 0.05) is 17.9 Å². The quantitative estimate of drug-likeness (QED) is 0.694. The molecule has 0 aromatic heterocycles. The fourth-order valence-electron chi connectivity index (χ4n) is 2.99. The van der Waals surface area contributed by atoms with Crippen LogP contribution in [0.5, 0.6) is 0 Å². The Balaban J connectivity index is 1.74. The normalized spacial score (nSPS) is 35.6. The first-order valence-corrected chi connectivity index (χ1v) is 7.53. The zero-order chi connectivity index (χ0) is 10.7. The lowest BCUT2D eigenvalue weighted by Gasteiger charge is -2.37. The Bertz CT molecular complexity index is 189. The van der Waals surface area contributed by atoms with Gasteiger partial charge in [0.05, 0.1) is 0 Å². The fourth-order valence-corrected chi connectivity index (χ4v) is 3.66. The molecule has 0 aromatic rings. The Kier molecular flexibility index (Phi) is 4.51. The Morgan fingerprint density at radius 3 is 2.53 bits per heavy atom. The van der Waals surface area contributed by atoms with E-state index in [0.29, 0.717) is 0 Å². The number of rotatable bonds is 2. The highest BCUT2D eigenvalue weighted by molar-refractivity contribution is 9.09. The van der Waals surface area contributed by atoms with Crippen molar-refractivity contribution in [2.45, 2.75) is 50.3 Å². The summed E-state index contributed by atoms with van der Waals surface area (Å²) < 4.78 is 0. The highest BCUT2D eigenvalue weighted by Crippen LogP contribution is 2.28. The van der Waals surface area contributed by atoms with Gasteiger partial charge in [-0.25, -0.2) is 0 Å². The van der Waals surface area contributed by atoms with Crippen LogP contribution in [0.4, 0.5) is 0 Å². The van der Waals surface area contributed by atoms with Gasteiger partial charge in [-0.2, -0.15) is 0 Å². The molecule has 0 radical (unpaired) electrons. The summed E-state index contributed by atoms with van der Waals surface area (Å²) in [5.41, 5.74) is 0. The van der Waals surface area contributed by atoms with Crippen LogP contribution in [0.1, 0.15) is 45.4 Å². The molecule has 2 fully saturated rings. The third-order valence-corrected chi connectivity index (χ3v) is 5.38. The van der Waals surface area contributed by atoms with Gasteiger partial charge >= 0.3 is 0 Å². The van der Waals surface area contributed by atoms with E-state index in [4.69, 9.17) is 0 Å². The second-order valence-electron chi connectivity index (χ2n) is 5.55. The lowest BCUT2D eigenvalue weighted by atomic mass is 9.88. The van der Waals surface area contributed by atoms with E-state index in [9.17, 15) is 0 Å². The van der Waals surface area contributed by atoms with Gasteiger partial charge in [-0.15, -0.1) is 0 Å². The molecule has 1 aliphatic carbocycles. The maximum atomic E-state index is 3.82. The minimum absolute atomic E-state index is 0.731. The highest BCUT2D eigenvalue weighted by Gasteiger charge is 2.25. The molecule has 15 heavy (non-hydrogen) atoms. The molecule has 0 aromatic carbocycles. The van der Waals surface area contributed by atoms with Crippen molar-refractivity contribution in [3.05, 3.63) is 0 Å². The highest BCUT2D eigenvalue weighted by atomic mass is 79.9. The van der Waals surface area contributed by atoms with E-state index in [1.165, 1.54) is 58.2 Å². The Morgan fingerprint density at radius 1 is 1.13 bits per heavy atom. The molecule has 2 unspecified atom stereocenters. The zero-order valence-electron chi connectivity index (χ0n) is 9.92. The number of hydrogen-bond donors (Lipinski definition) is 0. The van der Waals surface area contributed by atoms with Gasteiger partial charge in [0.2, 0.25) is 0 Å². The molecule has 2 atom stereocenters. The van der Waals surface area contributed by atoms with Crippen molar-refractivity contribution in [2.24, 2.45) is 11.8 Å². The summed E-state index contributed by atoms with van der Waals surface area (Å²) >= 11 is 3.82. The molecule has 0 N–H and O–H groups in total. The van der Waals surface area contributed by atoms with Gasteiger partial charge in [0.1, 0.15) is 0 Å². The Morgan fingerprint density at radius 2 is 1.87 bits per heavy atom. The van der Waals surface area contributed by atoms with E-state index in [1.807, 2.05) is 0 Å². The maximum Gasteiger partial charge on any atom is 0.0299 e. The molecule has 1 nitrogen and oxygen atoms in total. The lowest BCUT2D eigenvalue weighted by Crippen LogP contribution is -2.42. The molecule has 1 aliphatic heterocycles. The van der Waals surface area contributed by atoms with Gasteiger partial charge in [-0.05, 0) is 37.6 Å². The van der Waals surface area contributed by atoms with E-state index in [-0.39, 0.29) is 0 Å². The average Bonchev–Trinajstić information content (AvgIpc) is 2.25. The molecule has 1 saturated heterocycles. The molecule has 0 spiro atoms. The SMILES string of the molecule is CC1CCN(CC2CCCCC2)CC1Br. The minimum atomic E-state index is 0.731. The summed E-state index contributed by atoms with van der Waals surface area (Å²) in [6, 6.07) is 0. The van der Waals surface area contributed by atoms with E-state index in [0.717, 1.165) is 16.7 Å². The fraction of sp³-hybridized carbons (Fsp3) is 1.00. The topological polar surface area (TPSA) is 3.24 Å². The molecule has 1 heterocycles. The largest absolute Gasteiger partial charge is 0.302 e. The number of nitrogens with zero attached hydrogens (tertiary/aromatic N) is 1. The van der Waals surface area contributed by atoms with Crippen LogP contribution in [0.2, 0.25) is 0 Å². The van der Waals surface area contributed by atoms with Crippen LogP contribution >= 0.6 is 15.9 Å². The first-order chi connectivity index (χ1) is 7.25. The number of alkyl halides is 1. The summed E-state index contributed by atoms with van der Waals surface area (Å²) in [7, 11) is 0. The molecular weight excluding hydrogens is 250 g/mol. The molecule has 1 saturated carbocycles. The standard InChI is InChI=1S/C13H24BrN/c1-11-7-8-15(10-13(11)14)9-12-5-3-2-4-6-12/h11-13H,2-10H2,1H3. The number of likely N-dealkylation sites (tertiary alicyclic amines) is 1. The van der Waals surface area contributed by atoms with Crippen molar-refractivity contribution in [1.29, 1.82) is 0 Å². The molecule has 2 rings (SSSR count). The van der Waals surface area contributed by atoms with Crippen molar-refractivity contribution < 1.29 is 0 Å². The molecular formula is C13H24BrN. The van der Waals surface area contributed by atoms with Crippen LogP contribution in [0.25, 0.3) is 0 Å². The van der Waals surface area contributed by atoms with Gasteiger partial charge in [-0.3, -0.25) is 0 Å². The van der Waals surface area contributed by atoms with Crippen LogP contribution < -0.4 is 0 Å². The second-order valence-corrected chi connectivity index (χ2v) is 6.72. The first-order valence-electron chi connectivity index (χ1n) is 6.62. The van der Waals surface area contributed by atoms with Crippen LogP contribution in [-0.2, 0) is 0 Å². The number of piperidine rings is 1. The Labute approximate surface area is 103 Å². The molecule has 0 bridgehead atoms. The first kappa shape index (κ1) is 11.9. The number of halogens is 1. The van der Waals surface area contributed by atoms with Gasteiger partial charge in [-0.1, -0.05) is 42.1 Å². The van der Waals surface area contributed by atoms with Crippen molar-refractivity contribution >= 4 is 15.9 Å². The van der Waals surface area contributed by atoms with Crippen molar-refractivity contribution in [3.63, 3.8) is 0 Å². The smallest absolute Gasteiger partial charge is 0.0299 e. The predicted molar refractivity (Wildman–Crippen MR) is 69.5 cm³/mol. The van der Waals surface area contributed by atoms with Crippen molar-refractivity contribution in [1.82, 2.24) is 4.90 Å². The van der Waals surface area contributed by atoms with Gasteiger partial charge in [0.25, 0.3) is 0 Å². The third-order valence-electron chi connectivity index (χ3n) is 4.19. The average molecular weight is 274 g/mol.